The number of halogens is 2. The number of aromatic nitrogens is 6. The Morgan fingerprint density at radius 3 is 2.42 bits per heavy atom. The summed E-state index contributed by atoms with van der Waals surface area (Å²) in [4.78, 5) is 59.5. The second-order valence-corrected chi connectivity index (χ2v) is 18.4. The number of allylic oxidation sites excluding steroid dienone is 1. The second-order valence-electron chi connectivity index (χ2n) is 18.4. The van der Waals surface area contributed by atoms with E-state index in [0.29, 0.717) is 61.7 Å². The van der Waals surface area contributed by atoms with Crippen LogP contribution in [0.4, 0.5) is 26.1 Å². The number of carbonyl (C=O) groups excluding carboxylic acids is 2. The first kappa shape index (κ1) is 42.3. The van der Waals surface area contributed by atoms with E-state index in [4.69, 9.17) is 14.5 Å². The highest BCUT2D eigenvalue weighted by molar-refractivity contribution is 6.02. The molecule has 16 nitrogen and oxygen atoms in total. The number of amides is 2. The van der Waals surface area contributed by atoms with Gasteiger partial charge in [0.15, 0.2) is 17.0 Å². The minimum absolute atomic E-state index is 0.153. The first-order chi connectivity index (χ1) is 32.0. The molecule has 3 aliphatic heterocycles. The average molecular weight is 900 g/mol. The minimum atomic E-state index is -1.91. The molecule has 0 radical (unpaired) electrons. The van der Waals surface area contributed by atoms with Crippen LogP contribution in [0.3, 0.4) is 0 Å². The number of piperidine rings is 2. The van der Waals surface area contributed by atoms with E-state index < -0.39 is 29.7 Å². The Labute approximate surface area is 378 Å². The summed E-state index contributed by atoms with van der Waals surface area (Å²) in [6, 6.07) is 16.8. The summed E-state index contributed by atoms with van der Waals surface area (Å²) in [5, 5.41) is 22.3. The monoisotopic (exact) mass is 899 g/mol. The summed E-state index contributed by atoms with van der Waals surface area (Å²) >= 11 is 0. The van der Waals surface area contributed by atoms with E-state index in [2.05, 4.69) is 53.7 Å². The van der Waals surface area contributed by atoms with Crippen LogP contribution in [-0.2, 0) is 41.0 Å². The lowest BCUT2D eigenvalue weighted by molar-refractivity contribution is -0.134. The van der Waals surface area contributed by atoms with Gasteiger partial charge in [0.1, 0.15) is 16.7 Å². The van der Waals surface area contributed by atoms with Gasteiger partial charge in [0.25, 0.3) is 11.6 Å². The Morgan fingerprint density at radius 2 is 1.67 bits per heavy atom. The number of piperazine rings is 1. The SMILES string of the molecule is CC[C@@]1(O)CCc2ccc(-n3c4nc(Nc5ccc(N6CCN(C7CCN(C8Cc9ccc%10c(C%11CCC(=O)NC%11=O)noc%10c9C8)CC7)CC6)cc5)ncc4c(=O)n3CC=C(F)F)nc21. The topological polar surface area (TPSA) is 180 Å². The lowest BCUT2D eigenvalue weighted by Crippen LogP contribution is -2.54. The number of hydrogen-bond acceptors (Lipinski definition) is 13. The van der Waals surface area contributed by atoms with E-state index in [1.807, 2.05) is 31.2 Å². The Morgan fingerprint density at radius 1 is 0.894 bits per heavy atom. The van der Waals surface area contributed by atoms with Crippen molar-refractivity contribution >= 4 is 51.1 Å². The maximum atomic E-state index is 13.6. The molecule has 3 saturated heterocycles. The number of pyridine rings is 1. The number of likely N-dealkylation sites (tertiary alicyclic amines) is 1. The number of fused-ring (bicyclic) bond motifs is 5. The van der Waals surface area contributed by atoms with Crippen LogP contribution in [0.2, 0.25) is 0 Å². The molecule has 7 heterocycles. The highest BCUT2D eigenvalue weighted by atomic mass is 19.3. The van der Waals surface area contributed by atoms with Crippen molar-refractivity contribution in [1.29, 1.82) is 0 Å². The smallest absolute Gasteiger partial charge is 0.278 e. The van der Waals surface area contributed by atoms with Gasteiger partial charge in [-0.2, -0.15) is 13.8 Å². The molecule has 4 aromatic heterocycles. The Bertz CT molecular complexity index is 2960. The van der Waals surface area contributed by atoms with Gasteiger partial charge in [0, 0.05) is 79.3 Å². The summed E-state index contributed by atoms with van der Waals surface area (Å²) in [6.07, 6.45) is 6.69. The number of aryl methyl sites for hydroxylation is 1. The lowest BCUT2D eigenvalue weighted by atomic mass is 9.92. The number of carbonyl (C=O) groups is 2. The van der Waals surface area contributed by atoms with E-state index in [1.54, 1.807) is 6.07 Å². The first-order valence-electron chi connectivity index (χ1n) is 23.1. The summed E-state index contributed by atoms with van der Waals surface area (Å²) in [6.45, 7) is 7.38. The van der Waals surface area contributed by atoms with Crippen molar-refractivity contribution in [2.75, 3.05) is 49.5 Å². The van der Waals surface area contributed by atoms with E-state index in [1.165, 1.54) is 22.0 Å². The lowest BCUT2D eigenvalue weighted by Gasteiger charge is -2.44. The molecule has 342 valence electrons. The molecular formula is C48H51F2N11O5. The number of nitrogens with zero attached hydrogens (tertiary/aromatic N) is 9. The largest absolute Gasteiger partial charge is 0.384 e. The molecule has 3 N–H and O–H groups in total. The number of hydrogen-bond donors (Lipinski definition) is 3. The van der Waals surface area contributed by atoms with Crippen molar-refractivity contribution in [2.45, 2.75) is 94.9 Å². The second kappa shape index (κ2) is 16.8. The quantitative estimate of drug-likeness (QED) is 0.148. The summed E-state index contributed by atoms with van der Waals surface area (Å²) in [7, 11) is 0. The van der Waals surface area contributed by atoms with Crippen LogP contribution in [-0.4, -0.2) is 108 Å². The molecule has 0 saturated carbocycles. The summed E-state index contributed by atoms with van der Waals surface area (Å²) in [5.74, 6) is -0.496. The fraction of sp³-hybridized carbons (Fsp3) is 0.438. The molecule has 3 atom stereocenters. The van der Waals surface area contributed by atoms with Gasteiger partial charge in [-0.15, -0.1) is 0 Å². The van der Waals surface area contributed by atoms with Crippen molar-refractivity contribution in [2.24, 2.45) is 0 Å². The van der Waals surface area contributed by atoms with Gasteiger partial charge in [-0.05, 0) is 112 Å². The van der Waals surface area contributed by atoms with Gasteiger partial charge in [-0.3, -0.25) is 29.5 Å². The van der Waals surface area contributed by atoms with Gasteiger partial charge in [0.2, 0.25) is 17.8 Å². The number of anilines is 3. The summed E-state index contributed by atoms with van der Waals surface area (Å²) in [5.41, 5.74) is 5.75. The zero-order valence-corrected chi connectivity index (χ0v) is 36.7. The van der Waals surface area contributed by atoms with Gasteiger partial charge < -0.3 is 19.8 Å². The fourth-order valence-corrected chi connectivity index (χ4v) is 11.1. The van der Waals surface area contributed by atoms with E-state index in [0.717, 1.165) is 97.5 Å². The van der Waals surface area contributed by atoms with Crippen LogP contribution < -0.4 is 21.1 Å². The Kier molecular flexibility index (Phi) is 10.8. The third-order valence-electron chi connectivity index (χ3n) is 14.8. The number of benzene rings is 2. The highest BCUT2D eigenvalue weighted by Crippen LogP contribution is 2.40. The van der Waals surface area contributed by atoms with Crippen molar-refractivity contribution in [1.82, 2.24) is 44.6 Å². The van der Waals surface area contributed by atoms with Crippen LogP contribution in [0.1, 0.15) is 79.4 Å². The molecule has 5 aliphatic rings. The highest BCUT2D eigenvalue weighted by Gasteiger charge is 2.39. The standard InChI is InChI=1S/C48H51F2N11O5/c1-2-48(65)17-13-28-4-11-39(53-43(28)48)61-44-37(46(64)60(61)20-16-38(49)50)27-51-47(55-44)52-30-5-7-31(8-6-30)58-21-23-59(24-22-58)32-14-18-57(19-15-32)33-25-29-3-9-34-41(56-66-42(34)36(29)26-33)35-10-12-40(62)54-45(35)63/h3-9,11,16,27,32-33,35,65H,2,10,12-15,17-26H2,1H3,(H,51,52,55)(H,54,62,63)/t33?,35?,48-/m1/s1. The van der Waals surface area contributed by atoms with E-state index in [9.17, 15) is 28.3 Å². The number of nitrogens with one attached hydrogen (secondary N) is 2. The van der Waals surface area contributed by atoms with Gasteiger partial charge in [-0.1, -0.05) is 24.2 Å². The van der Waals surface area contributed by atoms with Gasteiger partial charge >= 0.3 is 0 Å². The van der Waals surface area contributed by atoms with Crippen molar-refractivity contribution < 1.29 is 28.0 Å². The molecular weight excluding hydrogens is 849 g/mol. The zero-order chi connectivity index (χ0) is 45.3. The molecule has 2 aromatic carbocycles. The van der Waals surface area contributed by atoms with Crippen LogP contribution in [0, 0.1) is 0 Å². The predicted molar refractivity (Wildman–Crippen MR) is 242 cm³/mol. The molecule has 18 heteroatoms. The maximum absolute atomic E-state index is 13.6. The first-order valence-corrected chi connectivity index (χ1v) is 23.1. The van der Waals surface area contributed by atoms with E-state index in [-0.39, 0.29) is 34.6 Å². The number of aliphatic hydroxyl groups is 1. The molecule has 2 amide bonds. The Hall–Kier alpha value is -6.37. The Balaban J connectivity index is 0.711. The molecule has 0 spiro atoms. The number of rotatable bonds is 10. The predicted octanol–water partition coefficient (Wildman–Crippen LogP) is 5.46. The molecule has 0 bridgehead atoms. The fourth-order valence-electron chi connectivity index (χ4n) is 11.1. The average Bonchev–Trinajstić information content (AvgIpc) is 4.11. The zero-order valence-electron chi connectivity index (χ0n) is 36.7. The van der Waals surface area contributed by atoms with Crippen LogP contribution in [0.15, 0.2) is 76.2 Å². The van der Waals surface area contributed by atoms with Crippen LogP contribution in [0.5, 0.6) is 0 Å². The van der Waals surface area contributed by atoms with Crippen LogP contribution >= 0.6 is 0 Å². The third kappa shape index (κ3) is 7.53. The molecule has 2 unspecified atom stereocenters. The maximum Gasteiger partial charge on any atom is 0.278 e. The molecule has 6 aromatic rings. The van der Waals surface area contributed by atoms with E-state index >= 15 is 0 Å². The normalized spacial score (nSPS) is 22.8. The van der Waals surface area contributed by atoms with Crippen molar-refractivity contribution in [3.63, 3.8) is 0 Å². The summed E-state index contributed by atoms with van der Waals surface area (Å²) < 4.78 is 35.1. The molecule has 2 aliphatic carbocycles. The van der Waals surface area contributed by atoms with Crippen molar-refractivity contribution in [3.8, 4) is 5.82 Å². The van der Waals surface area contributed by atoms with Gasteiger partial charge in [0.05, 0.1) is 18.2 Å². The molecule has 66 heavy (non-hydrogen) atoms. The van der Waals surface area contributed by atoms with Crippen molar-refractivity contribution in [3.05, 3.63) is 105 Å². The number of imide groups is 1. The van der Waals surface area contributed by atoms with Gasteiger partial charge in [-0.25, -0.2) is 19.3 Å². The minimum Gasteiger partial charge on any atom is -0.384 e. The molecule has 11 rings (SSSR count). The molecule has 3 fully saturated rings. The van der Waals surface area contributed by atoms with Crippen LogP contribution in [0.25, 0.3) is 27.8 Å². The third-order valence-corrected chi connectivity index (χ3v) is 14.8.